The smallest absolute Gasteiger partial charge is 0.159 e. The van der Waals surface area contributed by atoms with Gasteiger partial charge < -0.3 is 4.74 Å². The summed E-state index contributed by atoms with van der Waals surface area (Å²) in [5.74, 6) is 1.86. The summed E-state index contributed by atoms with van der Waals surface area (Å²) in [6.07, 6.45) is 7.48. The molecular formula is C29H27N5O. The number of pyridine rings is 1. The van der Waals surface area contributed by atoms with Crippen LogP contribution in [0.3, 0.4) is 0 Å². The Labute approximate surface area is 205 Å². The van der Waals surface area contributed by atoms with Crippen LogP contribution in [0.5, 0.6) is 5.75 Å². The minimum atomic E-state index is 0.322. The van der Waals surface area contributed by atoms with Crippen molar-refractivity contribution in [1.82, 2.24) is 19.9 Å². The first kappa shape index (κ1) is 22.7. The van der Waals surface area contributed by atoms with Crippen LogP contribution in [0.25, 0.3) is 22.5 Å². The second-order valence-electron chi connectivity index (χ2n) is 8.78. The van der Waals surface area contributed by atoms with Gasteiger partial charge in [-0.25, -0.2) is 9.97 Å². The van der Waals surface area contributed by atoms with E-state index in [-0.39, 0.29) is 0 Å². The summed E-state index contributed by atoms with van der Waals surface area (Å²) in [6, 6.07) is 22.2. The molecule has 0 spiro atoms. The molecule has 0 bridgehead atoms. The Morgan fingerprint density at radius 1 is 1.00 bits per heavy atom. The van der Waals surface area contributed by atoms with Gasteiger partial charge >= 0.3 is 0 Å². The molecule has 0 unspecified atom stereocenters. The quantitative estimate of drug-likeness (QED) is 0.379. The highest BCUT2D eigenvalue weighted by atomic mass is 16.5. The fourth-order valence-corrected chi connectivity index (χ4v) is 4.73. The van der Waals surface area contributed by atoms with E-state index in [1.165, 1.54) is 0 Å². The summed E-state index contributed by atoms with van der Waals surface area (Å²) in [6.45, 7) is 2.71. The second-order valence-corrected chi connectivity index (χ2v) is 8.78. The number of hydrogen-bond donors (Lipinski definition) is 0. The molecule has 0 saturated carbocycles. The molecule has 2 aromatic heterocycles. The summed E-state index contributed by atoms with van der Waals surface area (Å²) >= 11 is 0. The molecule has 1 aliphatic rings. The van der Waals surface area contributed by atoms with E-state index in [0.29, 0.717) is 5.92 Å². The van der Waals surface area contributed by atoms with E-state index < -0.39 is 0 Å². The number of piperidine rings is 1. The van der Waals surface area contributed by atoms with Gasteiger partial charge in [-0.15, -0.1) is 0 Å². The second kappa shape index (κ2) is 10.5. The molecular weight excluding hydrogens is 434 g/mol. The lowest BCUT2D eigenvalue weighted by Gasteiger charge is -2.32. The van der Waals surface area contributed by atoms with Crippen LogP contribution >= 0.6 is 0 Å². The van der Waals surface area contributed by atoms with Crippen molar-refractivity contribution in [2.24, 2.45) is 0 Å². The fourth-order valence-electron chi connectivity index (χ4n) is 4.73. The van der Waals surface area contributed by atoms with Crippen LogP contribution in [-0.4, -0.2) is 40.1 Å². The molecule has 1 fully saturated rings. The lowest BCUT2D eigenvalue weighted by atomic mass is 9.88. The third kappa shape index (κ3) is 5.06. The highest BCUT2D eigenvalue weighted by molar-refractivity contribution is 5.69. The third-order valence-electron chi connectivity index (χ3n) is 6.64. The van der Waals surface area contributed by atoms with E-state index in [4.69, 9.17) is 14.7 Å². The average Bonchev–Trinajstić information content (AvgIpc) is 2.94. The van der Waals surface area contributed by atoms with Gasteiger partial charge in [-0.2, -0.15) is 5.26 Å². The molecule has 35 heavy (non-hydrogen) atoms. The zero-order valence-corrected chi connectivity index (χ0v) is 19.8. The summed E-state index contributed by atoms with van der Waals surface area (Å²) in [7, 11) is 1.68. The van der Waals surface area contributed by atoms with Crippen molar-refractivity contribution in [3.63, 3.8) is 0 Å². The monoisotopic (exact) mass is 461 g/mol. The third-order valence-corrected chi connectivity index (χ3v) is 6.64. The molecule has 3 heterocycles. The Morgan fingerprint density at radius 3 is 2.57 bits per heavy atom. The Hall–Kier alpha value is -4.08. The molecule has 0 radical (unpaired) electrons. The molecule has 0 aliphatic carbocycles. The highest BCUT2D eigenvalue weighted by Gasteiger charge is 2.26. The number of nitrogens with zero attached hydrogens (tertiary/aromatic N) is 5. The Kier molecular flexibility index (Phi) is 6.78. The number of hydrogen-bond acceptors (Lipinski definition) is 6. The minimum Gasteiger partial charge on any atom is -0.497 e. The lowest BCUT2D eigenvalue weighted by molar-refractivity contribution is 0.203. The van der Waals surface area contributed by atoms with Gasteiger partial charge in [0.05, 0.1) is 24.4 Å². The summed E-state index contributed by atoms with van der Waals surface area (Å²) in [4.78, 5) is 16.4. The maximum Gasteiger partial charge on any atom is 0.159 e. The standard InChI is InChI=1S/C29H27N5O/c1-35-26-8-4-7-23(17-26)27-19-32-29(22-9-13-31-14-10-22)33-28(27)21-11-15-34(16-12-21)20-25-6-3-2-5-24(25)18-30/h2-10,13-14,17,19,21H,11-12,15-16,20H2,1H3. The van der Waals surface area contributed by atoms with Crippen molar-refractivity contribution in [3.8, 4) is 34.3 Å². The molecule has 6 nitrogen and oxygen atoms in total. The van der Waals surface area contributed by atoms with Gasteiger partial charge in [-0.3, -0.25) is 9.88 Å². The Bertz CT molecular complexity index is 1340. The van der Waals surface area contributed by atoms with Gasteiger partial charge in [0.15, 0.2) is 5.82 Å². The van der Waals surface area contributed by atoms with Crippen LogP contribution in [-0.2, 0) is 6.54 Å². The Morgan fingerprint density at radius 2 is 1.80 bits per heavy atom. The number of benzene rings is 2. The average molecular weight is 462 g/mol. The predicted octanol–water partition coefficient (Wildman–Crippen LogP) is 5.47. The zero-order chi connectivity index (χ0) is 24.0. The SMILES string of the molecule is COc1cccc(-c2cnc(-c3ccncc3)nc2C2CCN(Cc3ccccc3C#N)CC2)c1. The van der Waals surface area contributed by atoms with Crippen molar-refractivity contribution >= 4 is 0 Å². The molecule has 1 saturated heterocycles. The molecule has 0 N–H and O–H groups in total. The Balaban J connectivity index is 1.43. The normalized spacial score (nSPS) is 14.4. The minimum absolute atomic E-state index is 0.322. The molecule has 5 rings (SSSR count). The largest absolute Gasteiger partial charge is 0.497 e. The van der Waals surface area contributed by atoms with E-state index in [2.05, 4.69) is 28.1 Å². The first-order valence-corrected chi connectivity index (χ1v) is 11.9. The zero-order valence-electron chi connectivity index (χ0n) is 19.8. The van der Waals surface area contributed by atoms with E-state index in [1.54, 1.807) is 19.5 Å². The number of rotatable bonds is 6. The van der Waals surface area contributed by atoms with Crippen LogP contribution in [0, 0.1) is 11.3 Å². The van der Waals surface area contributed by atoms with Gasteiger partial charge in [-0.1, -0.05) is 30.3 Å². The van der Waals surface area contributed by atoms with Crippen LogP contribution in [0.2, 0.25) is 0 Å². The number of nitriles is 1. The van der Waals surface area contributed by atoms with Crippen molar-refractivity contribution in [2.45, 2.75) is 25.3 Å². The van der Waals surface area contributed by atoms with Crippen LogP contribution in [0.1, 0.15) is 35.6 Å². The maximum absolute atomic E-state index is 9.44. The molecule has 2 aromatic carbocycles. The lowest BCUT2D eigenvalue weighted by Crippen LogP contribution is -2.33. The fraction of sp³-hybridized carbons (Fsp3) is 0.241. The highest BCUT2D eigenvalue weighted by Crippen LogP contribution is 2.36. The van der Waals surface area contributed by atoms with Crippen molar-refractivity contribution in [1.29, 1.82) is 5.26 Å². The van der Waals surface area contributed by atoms with E-state index >= 15 is 0 Å². The predicted molar refractivity (Wildman–Crippen MR) is 136 cm³/mol. The van der Waals surface area contributed by atoms with Crippen LogP contribution in [0.4, 0.5) is 0 Å². The summed E-state index contributed by atoms with van der Waals surface area (Å²) < 4.78 is 5.47. The number of aromatic nitrogens is 3. The van der Waals surface area contributed by atoms with Crippen molar-refractivity contribution in [2.75, 3.05) is 20.2 Å². The molecule has 1 aliphatic heterocycles. The van der Waals surface area contributed by atoms with Gasteiger partial charge in [-0.05, 0) is 67.4 Å². The van der Waals surface area contributed by atoms with Gasteiger partial charge in [0, 0.05) is 42.2 Å². The number of ether oxygens (including phenoxy) is 1. The van der Waals surface area contributed by atoms with Gasteiger partial charge in [0.25, 0.3) is 0 Å². The van der Waals surface area contributed by atoms with Crippen LogP contribution < -0.4 is 4.74 Å². The summed E-state index contributed by atoms with van der Waals surface area (Å²) in [5.41, 5.74) is 6.00. The summed E-state index contributed by atoms with van der Waals surface area (Å²) in [5, 5.41) is 9.44. The molecule has 4 aromatic rings. The van der Waals surface area contributed by atoms with Gasteiger partial charge in [0.1, 0.15) is 5.75 Å². The molecule has 0 atom stereocenters. The van der Waals surface area contributed by atoms with Gasteiger partial charge in [0.2, 0.25) is 0 Å². The molecule has 6 heteroatoms. The first-order valence-electron chi connectivity index (χ1n) is 11.9. The van der Waals surface area contributed by atoms with E-state index in [9.17, 15) is 5.26 Å². The van der Waals surface area contributed by atoms with Crippen LogP contribution in [0.15, 0.2) is 79.3 Å². The van der Waals surface area contributed by atoms with Crippen molar-refractivity contribution in [3.05, 3.63) is 96.1 Å². The van der Waals surface area contributed by atoms with E-state index in [0.717, 1.165) is 77.6 Å². The van der Waals surface area contributed by atoms with E-state index in [1.807, 2.05) is 54.7 Å². The van der Waals surface area contributed by atoms with Crippen molar-refractivity contribution < 1.29 is 4.74 Å². The number of methoxy groups -OCH3 is 1. The molecule has 174 valence electrons. The first-order chi connectivity index (χ1) is 17.2. The topological polar surface area (TPSA) is 74.9 Å². The maximum atomic E-state index is 9.44. The number of likely N-dealkylation sites (tertiary alicyclic amines) is 1. The molecule has 0 amide bonds.